The Morgan fingerprint density at radius 3 is 1.56 bits per heavy atom. The van der Waals surface area contributed by atoms with Gasteiger partial charge in [-0.05, 0) is 11.4 Å². The Hall–Kier alpha value is -0.230. The molecule has 0 amide bonds. The summed E-state index contributed by atoms with van der Waals surface area (Å²) < 4.78 is 10.2. The van der Waals surface area contributed by atoms with Crippen LogP contribution in [-0.2, 0) is 19.8 Å². The van der Waals surface area contributed by atoms with E-state index in [0.29, 0.717) is 0 Å². The Morgan fingerprint density at radius 2 is 1.56 bits per heavy atom. The third kappa shape index (κ3) is 33.7. The van der Waals surface area contributed by atoms with Crippen molar-refractivity contribution < 1.29 is 24.3 Å². The van der Waals surface area contributed by atoms with Crippen molar-refractivity contribution in [2.45, 2.75) is 6.92 Å². The van der Waals surface area contributed by atoms with Crippen molar-refractivity contribution in [2.75, 3.05) is 20.8 Å². The van der Waals surface area contributed by atoms with E-state index in [1.54, 1.807) is 6.92 Å². The summed E-state index contributed by atoms with van der Waals surface area (Å²) >= 11 is 0. The van der Waals surface area contributed by atoms with Gasteiger partial charge in [-0.2, -0.15) is 4.94 Å². The predicted molar refractivity (Wildman–Crippen MR) is 27.8 cm³/mol. The monoisotopic (exact) mass is 142 g/mol. The molecular weight excluding hydrogens is 131 g/mol. The molecule has 58 valence electrons. The van der Waals surface area contributed by atoms with Gasteiger partial charge in [-0.3, -0.25) is 0 Å². The van der Waals surface area contributed by atoms with E-state index in [1.165, 1.54) is 14.2 Å². The molecule has 0 aromatic heterocycles. The van der Waals surface area contributed by atoms with Gasteiger partial charge in [0.25, 0.3) is 0 Å². The SMILES string of the molecule is CCOF.COOOC. The van der Waals surface area contributed by atoms with Gasteiger partial charge < -0.3 is 0 Å². The average molecular weight is 142 g/mol. The van der Waals surface area contributed by atoms with Crippen LogP contribution in [0.3, 0.4) is 0 Å². The summed E-state index contributed by atoms with van der Waals surface area (Å²) in [6, 6.07) is 0. The standard InChI is InChI=1S/C2H5FO.C2H6O3/c1-2-4-3;1-3-5-4-2/h2H2,1H3;1-2H3. The molecule has 0 atom stereocenters. The van der Waals surface area contributed by atoms with E-state index >= 15 is 0 Å². The molecule has 0 aliphatic carbocycles. The van der Waals surface area contributed by atoms with Crippen molar-refractivity contribution >= 4 is 0 Å². The Kier molecular flexibility index (Phi) is 20.1. The highest BCUT2D eigenvalue weighted by molar-refractivity contribution is 3.89. The second-order valence-electron chi connectivity index (χ2n) is 0.799. The molecule has 0 saturated carbocycles. The van der Waals surface area contributed by atoms with Crippen LogP contribution in [0.25, 0.3) is 0 Å². The van der Waals surface area contributed by atoms with E-state index in [2.05, 4.69) is 19.8 Å². The van der Waals surface area contributed by atoms with Crippen LogP contribution in [0.1, 0.15) is 6.92 Å². The van der Waals surface area contributed by atoms with Crippen LogP contribution < -0.4 is 0 Å². The molecule has 0 unspecified atom stereocenters. The molecule has 0 rings (SSSR count). The zero-order valence-corrected chi connectivity index (χ0v) is 5.72. The van der Waals surface area contributed by atoms with E-state index in [-0.39, 0.29) is 6.61 Å². The average Bonchev–Trinajstić information content (AvgIpc) is 1.91. The topological polar surface area (TPSA) is 36.9 Å². The molecule has 5 heteroatoms. The fraction of sp³-hybridized carbons (Fsp3) is 1.00. The van der Waals surface area contributed by atoms with E-state index in [0.717, 1.165) is 0 Å². The highest BCUT2D eigenvalue weighted by Crippen LogP contribution is 1.65. The molecule has 0 radical (unpaired) electrons. The number of halogens is 1. The van der Waals surface area contributed by atoms with Gasteiger partial charge in [0.1, 0.15) is 0 Å². The summed E-state index contributed by atoms with van der Waals surface area (Å²) in [6.45, 7) is 1.74. The third-order valence-electron chi connectivity index (χ3n) is 0.245. The Balaban J connectivity index is 0. The summed E-state index contributed by atoms with van der Waals surface area (Å²) in [5.74, 6) is 0. The highest BCUT2D eigenvalue weighted by atomic mass is 19.3. The molecule has 0 aliphatic rings. The van der Waals surface area contributed by atoms with Crippen molar-refractivity contribution in [2.24, 2.45) is 0 Å². The maximum Gasteiger partial charge on any atom is 0.0848 e. The second-order valence-corrected chi connectivity index (χ2v) is 0.799. The van der Waals surface area contributed by atoms with Crippen LogP contribution >= 0.6 is 0 Å². The van der Waals surface area contributed by atoms with Crippen molar-refractivity contribution in [3.8, 4) is 0 Å². The molecule has 0 bridgehead atoms. The van der Waals surface area contributed by atoms with Crippen molar-refractivity contribution in [3.05, 3.63) is 0 Å². The summed E-state index contributed by atoms with van der Waals surface area (Å²) in [6.07, 6.45) is 0. The number of hydrogen-bond donors (Lipinski definition) is 0. The van der Waals surface area contributed by atoms with Crippen LogP contribution in [0.2, 0.25) is 0 Å². The molecule has 0 N–H and O–H groups in total. The lowest BCUT2D eigenvalue weighted by Gasteiger charge is -1.85. The van der Waals surface area contributed by atoms with Crippen LogP contribution in [0.4, 0.5) is 4.53 Å². The van der Waals surface area contributed by atoms with Crippen LogP contribution in [0, 0.1) is 0 Å². The zero-order chi connectivity index (χ0) is 7.54. The van der Waals surface area contributed by atoms with E-state index in [1.807, 2.05) is 0 Å². The first-order valence-corrected chi connectivity index (χ1v) is 2.30. The van der Waals surface area contributed by atoms with E-state index in [9.17, 15) is 4.53 Å². The maximum atomic E-state index is 10.2. The minimum Gasteiger partial charge on any atom is -0.210 e. The van der Waals surface area contributed by atoms with Gasteiger partial charge in [-0.25, -0.2) is 9.78 Å². The Labute approximate surface area is 53.2 Å². The first kappa shape index (κ1) is 11.6. The Morgan fingerprint density at radius 1 is 1.22 bits per heavy atom. The molecule has 0 saturated heterocycles. The minimum atomic E-state index is 0.153. The first-order chi connectivity index (χ1) is 4.33. The van der Waals surface area contributed by atoms with Crippen molar-refractivity contribution in [1.29, 1.82) is 0 Å². The maximum absolute atomic E-state index is 10.2. The van der Waals surface area contributed by atoms with Gasteiger partial charge >= 0.3 is 0 Å². The molecule has 0 aliphatic heterocycles. The van der Waals surface area contributed by atoms with Gasteiger partial charge in [-0.1, -0.05) is 5.04 Å². The van der Waals surface area contributed by atoms with Crippen molar-refractivity contribution in [1.82, 2.24) is 0 Å². The lowest BCUT2D eigenvalue weighted by Crippen LogP contribution is -1.82. The Bertz CT molecular complexity index is 31.7. The zero-order valence-electron chi connectivity index (χ0n) is 5.72. The fourth-order valence-electron chi connectivity index (χ4n) is 0.0680. The largest absolute Gasteiger partial charge is 0.210 e. The summed E-state index contributed by atoms with van der Waals surface area (Å²) in [5, 5.41) is 3.83. The molecule has 0 heterocycles. The molecule has 0 spiro atoms. The fourth-order valence-corrected chi connectivity index (χ4v) is 0.0680. The van der Waals surface area contributed by atoms with Gasteiger partial charge in [0, 0.05) is 0 Å². The number of hydrogen-bond acceptors (Lipinski definition) is 4. The molecule has 0 aromatic carbocycles. The summed E-state index contributed by atoms with van der Waals surface area (Å²) in [4.78, 5) is 11.0. The van der Waals surface area contributed by atoms with Crippen LogP contribution in [0.5, 0.6) is 0 Å². The van der Waals surface area contributed by atoms with Gasteiger partial charge in [0.15, 0.2) is 0 Å². The molecule has 0 fully saturated rings. The molecular formula is C4H11FO4. The van der Waals surface area contributed by atoms with Crippen LogP contribution in [0.15, 0.2) is 0 Å². The van der Waals surface area contributed by atoms with E-state index < -0.39 is 0 Å². The smallest absolute Gasteiger partial charge is 0.0848 e. The lowest BCUT2D eigenvalue weighted by molar-refractivity contribution is -0.491. The van der Waals surface area contributed by atoms with Crippen molar-refractivity contribution in [3.63, 3.8) is 0 Å². The highest BCUT2D eigenvalue weighted by Gasteiger charge is 1.62. The lowest BCUT2D eigenvalue weighted by atomic mass is 10.9. The second kappa shape index (κ2) is 15.7. The summed E-state index contributed by atoms with van der Waals surface area (Å²) in [5.41, 5.74) is 0. The van der Waals surface area contributed by atoms with Gasteiger partial charge in [-0.15, -0.1) is 0 Å². The molecule has 9 heavy (non-hydrogen) atoms. The van der Waals surface area contributed by atoms with Crippen LogP contribution in [-0.4, -0.2) is 20.8 Å². The van der Waals surface area contributed by atoms with Gasteiger partial charge in [0.05, 0.1) is 20.8 Å². The molecule has 0 aromatic rings. The summed E-state index contributed by atoms with van der Waals surface area (Å²) in [7, 11) is 2.73. The third-order valence-corrected chi connectivity index (χ3v) is 0.245. The number of rotatable bonds is 3. The van der Waals surface area contributed by atoms with Gasteiger partial charge in [0.2, 0.25) is 0 Å². The normalized spacial score (nSPS) is 8.00. The first-order valence-electron chi connectivity index (χ1n) is 2.30. The molecule has 4 nitrogen and oxygen atoms in total. The minimum absolute atomic E-state index is 0.153. The van der Waals surface area contributed by atoms with E-state index in [4.69, 9.17) is 0 Å². The predicted octanol–water partition coefficient (Wildman–Crippen LogP) is 1.03. The quantitative estimate of drug-likeness (QED) is 0.435.